The van der Waals surface area contributed by atoms with Gasteiger partial charge >= 0.3 is 0 Å². The van der Waals surface area contributed by atoms with Crippen LogP contribution in [0.3, 0.4) is 0 Å². The first kappa shape index (κ1) is 14.3. The number of rotatable bonds is 5. The van der Waals surface area contributed by atoms with Crippen LogP contribution < -0.4 is 10.5 Å². The van der Waals surface area contributed by atoms with Gasteiger partial charge in [-0.15, -0.1) is 0 Å². The number of hydrogen-bond acceptors (Lipinski definition) is 4. The van der Waals surface area contributed by atoms with Crippen LogP contribution >= 0.6 is 0 Å². The van der Waals surface area contributed by atoms with E-state index in [1.807, 2.05) is 0 Å². The Morgan fingerprint density at radius 2 is 2.14 bits per heavy atom. The molecule has 0 bridgehead atoms. The van der Waals surface area contributed by atoms with Gasteiger partial charge in [-0.25, -0.2) is 18.1 Å². The molecule has 0 atom stereocenters. The molecular formula is C14H20N4O2S. The highest BCUT2D eigenvalue weighted by atomic mass is 32.2. The minimum Gasteiger partial charge on any atom is -0.381 e. The van der Waals surface area contributed by atoms with E-state index in [9.17, 15) is 8.42 Å². The van der Waals surface area contributed by atoms with Crippen LogP contribution in [0.25, 0.3) is 5.65 Å². The number of anilines is 1. The van der Waals surface area contributed by atoms with Crippen LogP contribution in [0, 0.1) is 11.3 Å². The third-order valence-corrected chi connectivity index (χ3v) is 5.94. The van der Waals surface area contributed by atoms with Crippen molar-refractivity contribution in [1.82, 2.24) is 14.1 Å². The number of pyridine rings is 1. The van der Waals surface area contributed by atoms with E-state index in [1.54, 1.807) is 24.4 Å². The number of hydrogen-bond donors (Lipinski definition) is 2. The molecule has 1 aliphatic rings. The highest BCUT2D eigenvalue weighted by molar-refractivity contribution is 7.89. The van der Waals surface area contributed by atoms with Gasteiger partial charge in [0.1, 0.15) is 5.65 Å². The van der Waals surface area contributed by atoms with Gasteiger partial charge in [-0.1, -0.05) is 19.9 Å². The fourth-order valence-electron chi connectivity index (χ4n) is 2.68. The Bertz CT molecular complexity index is 775. The van der Waals surface area contributed by atoms with Crippen molar-refractivity contribution in [2.45, 2.75) is 31.7 Å². The van der Waals surface area contributed by atoms with E-state index in [4.69, 9.17) is 5.73 Å². The molecule has 3 rings (SSSR count). The molecule has 2 aromatic rings. The zero-order valence-corrected chi connectivity index (χ0v) is 13.0. The van der Waals surface area contributed by atoms with E-state index >= 15 is 0 Å². The Morgan fingerprint density at radius 3 is 2.76 bits per heavy atom. The normalized spacial score (nSPS) is 17.5. The van der Waals surface area contributed by atoms with Crippen LogP contribution in [0.5, 0.6) is 0 Å². The van der Waals surface area contributed by atoms with E-state index in [0.29, 0.717) is 18.1 Å². The molecule has 21 heavy (non-hydrogen) atoms. The van der Waals surface area contributed by atoms with Crippen LogP contribution in [0.2, 0.25) is 0 Å². The molecule has 0 radical (unpaired) electrons. The molecule has 0 spiro atoms. The van der Waals surface area contributed by atoms with Crippen molar-refractivity contribution in [3.05, 3.63) is 24.4 Å². The lowest BCUT2D eigenvalue weighted by Crippen LogP contribution is -2.33. The van der Waals surface area contributed by atoms with E-state index in [1.165, 1.54) is 4.40 Å². The summed E-state index contributed by atoms with van der Waals surface area (Å²) in [5.74, 6) is 0.489. The number of sulfonamides is 1. The molecule has 0 unspecified atom stereocenters. The zero-order chi connectivity index (χ0) is 15.3. The molecule has 0 amide bonds. The molecule has 0 aliphatic heterocycles. The molecule has 1 aliphatic carbocycles. The van der Waals surface area contributed by atoms with Gasteiger partial charge in [-0.05, 0) is 36.3 Å². The SMILES string of the molecule is CC(C)C1(CNS(=O)(=O)c2c(N)nc3ccccn23)CC1. The summed E-state index contributed by atoms with van der Waals surface area (Å²) in [6.45, 7) is 4.71. The second kappa shape index (κ2) is 4.71. The van der Waals surface area contributed by atoms with E-state index in [2.05, 4.69) is 23.6 Å². The fourth-order valence-corrected chi connectivity index (χ4v) is 4.03. The summed E-state index contributed by atoms with van der Waals surface area (Å²) >= 11 is 0. The molecule has 2 heterocycles. The van der Waals surface area contributed by atoms with Gasteiger partial charge in [0.15, 0.2) is 10.8 Å². The number of nitrogens with one attached hydrogen (secondary N) is 1. The molecule has 0 saturated heterocycles. The van der Waals surface area contributed by atoms with Gasteiger partial charge in [-0.3, -0.25) is 4.40 Å². The lowest BCUT2D eigenvalue weighted by Gasteiger charge is -2.19. The Hall–Kier alpha value is -1.60. The smallest absolute Gasteiger partial charge is 0.260 e. The highest BCUT2D eigenvalue weighted by Gasteiger charge is 2.46. The minimum absolute atomic E-state index is 0.0256. The summed E-state index contributed by atoms with van der Waals surface area (Å²) in [6.07, 6.45) is 3.79. The van der Waals surface area contributed by atoms with Gasteiger partial charge < -0.3 is 5.73 Å². The topological polar surface area (TPSA) is 89.5 Å². The molecule has 1 fully saturated rings. The molecule has 1 saturated carbocycles. The predicted octanol–water partition coefficient (Wildman–Crippen LogP) is 1.63. The van der Waals surface area contributed by atoms with Crippen molar-refractivity contribution < 1.29 is 8.42 Å². The van der Waals surface area contributed by atoms with Gasteiger partial charge in [-0.2, -0.15) is 0 Å². The Morgan fingerprint density at radius 1 is 1.43 bits per heavy atom. The van der Waals surface area contributed by atoms with Gasteiger partial charge in [0.05, 0.1) is 0 Å². The second-order valence-electron chi connectivity index (χ2n) is 6.07. The van der Waals surface area contributed by atoms with Crippen molar-refractivity contribution in [3.8, 4) is 0 Å². The number of fused-ring (bicyclic) bond motifs is 1. The molecule has 6 nitrogen and oxygen atoms in total. The maximum atomic E-state index is 12.6. The van der Waals surface area contributed by atoms with Gasteiger partial charge in [0.25, 0.3) is 10.0 Å². The van der Waals surface area contributed by atoms with Crippen LogP contribution in [0.15, 0.2) is 29.4 Å². The van der Waals surface area contributed by atoms with Crippen LogP contribution in [0.4, 0.5) is 5.82 Å². The third-order valence-electron chi connectivity index (χ3n) is 4.50. The molecule has 114 valence electrons. The quantitative estimate of drug-likeness (QED) is 0.878. The minimum atomic E-state index is -3.68. The van der Waals surface area contributed by atoms with E-state index in [0.717, 1.165) is 12.8 Å². The highest BCUT2D eigenvalue weighted by Crippen LogP contribution is 2.51. The predicted molar refractivity (Wildman–Crippen MR) is 81.3 cm³/mol. The van der Waals surface area contributed by atoms with Crippen molar-refractivity contribution in [2.75, 3.05) is 12.3 Å². The number of imidazole rings is 1. The van der Waals surface area contributed by atoms with Crippen molar-refractivity contribution in [2.24, 2.45) is 11.3 Å². The Labute approximate surface area is 124 Å². The second-order valence-corrected chi connectivity index (χ2v) is 7.75. The monoisotopic (exact) mass is 308 g/mol. The van der Waals surface area contributed by atoms with Crippen LogP contribution in [-0.2, 0) is 10.0 Å². The average Bonchev–Trinajstić information content (AvgIpc) is 3.13. The molecule has 7 heteroatoms. The fraction of sp³-hybridized carbons (Fsp3) is 0.500. The maximum Gasteiger partial charge on any atom is 0.260 e. The molecule has 2 aromatic heterocycles. The summed E-state index contributed by atoms with van der Waals surface area (Å²) in [4.78, 5) is 4.10. The van der Waals surface area contributed by atoms with Gasteiger partial charge in [0.2, 0.25) is 0 Å². The molecule has 3 N–H and O–H groups in total. The summed E-state index contributed by atoms with van der Waals surface area (Å²) in [5.41, 5.74) is 6.43. The standard InChI is InChI=1S/C14H20N4O2S/c1-10(2)14(6-7-14)9-16-21(19,20)13-12(15)17-11-5-3-4-8-18(11)13/h3-5,8,10,16H,6-7,9,15H2,1-2H3. The van der Waals surface area contributed by atoms with Gasteiger partial charge in [0, 0.05) is 12.7 Å². The van der Waals surface area contributed by atoms with Crippen molar-refractivity contribution in [1.29, 1.82) is 0 Å². The Balaban J connectivity index is 1.92. The lowest BCUT2D eigenvalue weighted by molar-refractivity contribution is 0.357. The Kier molecular flexibility index (Phi) is 3.22. The van der Waals surface area contributed by atoms with Crippen LogP contribution in [0.1, 0.15) is 26.7 Å². The molecular weight excluding hydrogens is 288 g/mol. The van der Waals surface area contributed by atoms with E-state index < -0.39 is 10.0 Å². The number of aromatic nitrogens is 2. The number of nitrogens with zero attached hydrogens (tertiary/aromatic N) is 2. The van der Waals surface area contributed by atoms with E-state index in [-0.39, 0.29) is 16.3 Å². The molecule has 0 aromatic carbocycles. The third kappa shape index (κ3) is 2.40. The summed E-state index contributed by atoms with van der Waals surface area (Å²) < 4.78 is 29.4. The zero-order valence-electron chi connectivity index (χ0n) is 12.2. The first-order chi connectivity index (χ1) is 9.86. The lowest BCUT2D eigenvalue weighted by atomic mass is 9.93. The summed E-state index contributed by atoms with van der Waals surface area (Å²) in [6, 6.07) is 5.28. The van der Waals surface area contributed by atoms with Crippen LogP contribution in [-0.4, -0.2) is 24.3 Å². The first-order valence-electron chi connectivity index (χ1n) is 7.08. The summed E-state index contributed by atoms with van der Waals surface area (Å²) in [5, 5.41) is 0.0256. The average molecular weight is 308 g/mol. The first-order valence-corrected chi connectivity index (χ1v) is 8.56. The number of nitrogen functional groups attached to an aromatic ring is 1. The largest absolute Gasteiger partial charge is 0.381 e. The van der Waals surface area contributed by atoms with Crippen molar-refractivity contribution in [3.63, 3.8) is 0 Å². The maximum absolute atomic E-state index is 12.6. The number of nitrogens with two attached hydrogens (primary N) is 1. The van der Waals surface area contributed by atoms with Crippen molar-refractivity contribution >= 4 is 21.5 Å². The summed E-state index contributed by atoms with van der Waals surface area (Å²) in [7, 11) is -3.68.